The summed E-state index contributed by atoms with van der Waals surface area (Å²) in [6.45, 7) is 6.20. The molecule has 0 spiro atoms. The molecule has 2 heterocycles. The first kappa shape index (κ1) is 12.6. The number of pyridine rings is 1. The molecule has 1 aromatic heterocycles. The first-order chi connectivity index (χ1) is 9.06. The lowest BCUT2D eigenvalue weighted by atomic mass is 9.99. The monoisotopic (exact) mass is 260 g/mol. The Morgan fingerprint density at radius 2 is 2.21 bits per heavy atom. The number of carbonyl (C=O) groups is 1. The Morgan fingerprint density at radius 1 is 1.47 bits per heavy atom. The van der Waals surface area contributed by atoms with Crippen molar-refractivity contribution >= 4 is 5.97 Å². The van der Waals surface area contributed by atoms with Gasteiger partial charge >= 0.3 is 5.97 Å². The highest BCUT2D eigenvalue weighted by atomic mass is 16.4. The molecule has 0 amide bonds. The summed E-state index contributed by atoms with van der Waals surface area (Å²) in [4.78, 5) is 18.5. The number of aromatic nitrogens is 1. The Hall–Kier alpha value is -1.42. The summed E-state index contributed by atoms with van der Waals surface area (Å²) in [5.41, 5.74) is 3.46. The lowest BCUT2D eigenvalue weighted by Crippen LogP contribution is -2.36. The maximum atomic E-state index is 11.4. The quantitative estimate of drug-likeness (QED) is 0.907. The number of rotatable bonds is 3. The fourth-order valence-electron chi connectivity index (χ4n) is 2.79. The van der Waals surface area contributed by atoms with E-state index in [-0.39, 0.29) is 0 Å². The van der Waals surface area contributed by atoms with Gasteiger partial charge in [0.2, 0.25) is 0 Å². The van der Waals surface area contributed by atoms with E-state index in [4.69, 9.17) is 0 Å². The molecule has 1 N–H and O–H groups in total. The van der Waals surface area contributed by atoms with Gasteiger partial charge in [-0.15, -0.1) is 0 Å². The Labute approximate surface area is 113 Å². The minimum absolute atomic E-state index is 0.388. The van der Waals surface area contributed by atoms with Crippen molar-refractivity contribution in [2.45, 2.75) is 51.6 Å². The zero-order chi connectivity index (χ0) is 13.6. The van der Waals surface area contributed by atoms with Gasteiger partial charge < -0.3 is 5.11 Å². The standard InChI is InChI=1S/C15H20N2O2/c1-9(2)17-6-5-13-11(8-17)7-12(15(18)19)14(16-13)10-3-4-10/h7,9-10H,3-6,8H2,1-2H3,(H,18,19). The van der Waals surface area contributed by atoms with Crippen molar-refractivity contribution in [2.75, 3.05) is 6.54 Å². The molecule has 0 unspecified atom stereocenters. The number of aromatic carboxylic acids is 1. The van der Waals surface area contributed by atoms with Gasteiger partial charge in [0, 0.05) is 37.2 Å². The Morgan fingerprint density at radius 3 is 2.79 bits per heavy atom. The normalized spacial score (nSPS) is 19.5. The van der Waals surface area contributed by atoms with Gasteiger partial charge in [-0.05, 0) is 38.3 Å². The van der Waals surface area contributed by atoms with Gasteiger partial charge in [0.25, 0.3) is 0 Å². The van der Waals surface area contributed by atoms with Crippen LogP contribution in [0.15, 0.2) is 6.07 Å². The fourth-order valence-corrected chi connectivity index (χ4v) is 2.79. The molecule has 1 saturated carbocycles. The van der Waals surface area contributed by atoms with Crippen LogP contribution in [0.1, 0.15) is 59.9 Å². The van der Waals surface area contributed by atoms with E-state index in [0.29, 0.717) is 17.5 Å². The van der Waals surface area contributed by atoms with Crippen LogP contribution in [0.5, 0.6) is 0 Å². The number of nitrogens with zero attached hydrogens (tertiary/aromatic N) is 2. The fraction of sp³-hybridized carbons (Fsp3) is 0.600. The molecular weight excluding hydrogens is 240 g/mol. The summed E-state index contributed by atoms with van der Waals surface area (Å²) < 4.78 is 0. The topological polar surface area (TPSA) is 53.4 Å². The Kier molecular flexibility index (Phi) is 3.05. The molecule has 1 aromatic rings. The van der Waals surface area contributed by atoms with Crippen LogP contribution in [0, 0.1) is 0 Å². The zero-order valence-electron chi connectivity index (χ0n) is 11.5. The molecule has 4 heteroatoms. The van der Waals surface area contributed by atoms with Crippen LogP contribution in [0.25, 0.3) is 0 Å². The zero-order valence-corrected chi connectivity index (χ0v) is 11.5. The second-order valence-electron chi connectivity index (χ2n) is 5.92. The average molecular weight is 260 g/mol. The highest BCUT2D eigenvalue weighted by molar-refractivity contribution is 5.89. The minimum atomic E-state index is -0.834. The number of carboxylic acid groups (broad SMARTS) is 1. The highest BCUT2D eigenvalue weighted by Crippen LogP contribution is 2.41. The molecule has 0 saturated heterocycles. The molecule has 1 aliphatic carbocycles. The summed E-state index contributed by atoms with van der Waals surface area (Å²) in [6, 6.07) is 2.36. The molecule has 0 bridgehead atoms. The average Bonchev–Trinajstić information content (AvgIpc) is 3.20. The van der Waals surface area contributed by atoms with Gasteiger partial charge in [-0.3, -0.25) is 9.88 Å². The maximum Gasteiger partial charge on any atom is 0.337 e. The summed E-state index contributed by atoms with van der Waals surface area (Å²) in [5.74, 6) is -0.446. The first-order valence-corrected chi connectivity index (χ1v) is 7.06. The summed E-state index contributed by atoms with van der Waals surface area (Å²) in [7, 11) is 0. The SMILES string of the molecule is CC(C)N1CCc2nc(C3CC3)c(C(=O)O)cc2C1. The van der Waals surface area contributed by atoms with Crippen molar-refractivity contribution in [1.29, 1.82) is 0 Å². The number of hydrogen-bond donors (Lipinski definition) is 1. The van der Waals surface area contributed by atoms with Crippen LogP contribution in [0.3, 0.4) is 0 Å². The van der Waals surface area contributed by atoms with E-state index in [0.717, 1.165) is 49.3 Å². The number of fused-ring (bicyclic) bond motifs is 1. The molecule has 3 rings (SSSR count). The maximum absolute atomic E-state index is 11.4. The molecule has 0 radical (unpaired) electrons. The van der Waals surface area contributed by atoms with Crippen LogP contribution < -0.4 is 0 Å². The molecule has 1 aliphatic heterocycles. The van der Waals surface area contributed by atoms with Crippen molar-refractivity contribution in [3.8, 4) is 0 Å². The third-order valence-corrected chi connectivity index (χ3v) is 4.15. The molecule has 102 valence electrons. The predicted molar refractivity (Wildman–Crippen MR) is 72.4 cm³/mol. The van der Waals surface area contributed by atoms with E-state index >= 15 is 0 Å². The van der Waals surface area contributed by atoms with Crippen LogP contribution >= 0.6 is 0 Å². The van der Waals surface area contributed by atoms with Crippen LogP contribution in [-0.4, -0.2) is 33.5 Å². The van der Waals surface area contributed by atoms with Gasteiger partial charge in [0.1, 0.15) is 0 Å². The summed E-state index contributed by atoms with van der Waals surface area (Å²) >= 11 is 0. The van der Waals surface area contributed by atoms with Crippen molar-refractivity contribution < 1.29 is 9.90 Å². The van der Waals surface area contributed by atoms with Crippen molar-refractivity contribution in [1.82, 2.24) is 9.88 Å². The summed E-state index contributed by atoms with van der Waals surface area (Å²) in [5, 5.41) is 9.37. The van der Waals surface area contributed by atoms with E-state index in [2.05, 4.69) is 23.7 Å². The minimum Gasteiger partial charge on any atom is -0.478 e. The predicted octanol–water partition coefficient (Wildman–Crippen LogP) is 2.42. The second kappa shape index (κ2) is 4.60. The van der Waals surface area contributed by atoms with Gasteiger partial charge in [0.05, 0.1) is 11.3 Å². The van der Waals surface area contributed by atoms with E-state index in [1.54, 1.807) is 0 Å². The smallest absolute Gasteiger partial charge is 0.337 e. The van der Waals surface area contributed by atoms with E-state index in [1.165, 1.54) is 0 Å². The van der Waals surface area contributed by atoms with Gasteiger partial charge in [0.15, 0.2) is 0 Å². The molecule has 1 fully saturated rings. The molecule has 4 nitrogen and oxygen atoms in total. The summed E-state index contributed by atoms with van der Waals surface area (Å²) in [6.07, 6.45) is 3.11. The molecule has 0 atom stereocenters. The van der Waals surface area contributed by atoms with E-state index in [1.807, 2.05) is 6.07 Å². The third kappa shape index (κ3) is 2.37. The van der Waals surface area contributed by atoms with Gasteiger partial charge in [-0.1, -0.05) is 0 Å². The molecule has 0 aromatic carbocycles. The molecular formula is C15H20N2O2. The Bertz CT molecular complexity index is 521. The van der Waals surface area contributed by atoms with Crippen LogP contribution in [0.4, 0.5) is 0 Å². The molecule has 19 heavy (non-hydrogen) atoms. The van der Waals surface area contributed by atoms with E-state index in [9.17, 15) is 9.90 Å². The largest absolute Gasteiger partial charge is 0.478 e. The first-order valence-electron chi connectivity index (χ1n) is 7.06. The number of carboxylic acids is 1. The van der Waals surface area contributed by atoms with Crippen LogP contribution in [0.2, 0.25) is 0 Å². The number of hydrogen-bond acceptors (Lipinski definition) is 3. The van der Waals surface area contributed by atoms with E-state index < -0.39 is 5.97 Å². The second-order valence-corrected chi connectivity index (χ2v) is 5.92. The Balaban J connectivity index is 1.99. The van der Waals surface area contributed by atoms with Crippen molar-refractivity contribution in [3.05, 3.63) is 28.6 Å². The van der Waals surface area contributed by atoms with Crippen LogP contribution in [-0.2, 0) is 13.0 Å². The van der Waals surface area contributed by atoms with Gasteiger partial charge in [-0.2, -0.15) is 0 Å². The third-order valence-electron chi connectivity index (χ3n) is 4.15. The van der Waals surface area contributed by atoms with Crippen molar-refractivity contribution in [2.24, 2.45) is 0 Å². The highest BCUT2D eigenvalue weighted by Gasteiger charge is 2.32. The van der Waals surface area contributed by atoms with Gasteiger partial charge in [-0.25, -0.2) is 4.79 Å². The van der Waals surface area contributed by atoms with Crippen molar-refractivity contribution in [3.63, 3.8) is 0 Å². The lowest BCUT2D eigenvalue weighted by Gasteiger charge is -2.31. The lowest BCUT2D eigenvalue weighted by molar-refractivity contribution is 0.0694. The molecule has 2 aliphatic rings.